The van der Waals surface area contributed by atoms with Crippen molar-refractivity contribution in [2.45, 2.75) is 117 Å². The van der Waals surface area contributed by atoms with Gasteiger partial charge in [0, 0.05) is 6.61 Å². The Kier molecular flexibility index (Phi) is 15.1. The zero-order chi connectivity index (χ0) is 25.1. The molecule has 1 unspecified atom stereocenters. The second kappa shape index (κ2) is 18.2. The van der Waals surface area contributed by atoms with Gasteiger partial charge < -0.3 is 9.47 Å². The van der Waals surface area contributed by atoms with E-state index in [9.17, 15) is 4.79 Å². The van der Waals surface area contributed by atoms with E-state index in [1.165, 1.54) is 70.6 Å². The molecule has 0 amide bonds. The fourth-order valence-electron chi connectivity index (χ4n) is 4.43. The third-order valence-corrected chi connectivity index (χ3v) is 6.68. The lowest BCUT2D eigenvalue weighted by Crippen LogP contribution is -2.10. The maximum atomic E-state index is 12.6. The third-order valence-electron chi connectivity index (χ3n) is 6.68. The smallest absolute Gasteiger partial charge is 0.343 e. The minimum atomic E-state index is -0.315. The van der Waals surface area contributed by atoms with E-state index in [0.29, 0.717) is 11.3 Å². The predicted octanol–water partition coefficient (Wildman–Crippen LogP) is 9.64. The van der Waals surface area contributed by atoms with Crippen LogP contribution in [-0.2, 0) is 11.2 Å². The van der Waals surface area contributed by atoms with Gasteiger partial charge in [-0.15, -0.1) is 0 Å². The maximum absolute atomic E-state index is 12.6. The summed E-state index contributed by atoms with van der Waals surface area (Å²) in [5.74, 6) is 0.340. The van der Waals surface area contributed by atoms with Gasteiger partial charge >= 0.3 is 5.97 Å². The summed E-state index contributed by atoms with van der Waals surface area (Å²) < 4.78 is 11.7. The molecule has 2 rings (SSSR count). The first-order chi connectivity index (χ1) is 17.2. The maximum Gasteiger partial charge on any atom is 0.343 e. The van der Waals surface area contributed by atoms with Crippen molar-refractivity contribution in [3.05, 3.63) is 65.2 Å². The molecule has 0 aromatic heterocycles. The minimum absolute atomic E-state index is 0.0260. The number of benzene rings is 2. The second-order valence-corrected chi connectivity index (χ2v) is 9.77. The van der Waals surface area contributed by atoms with E-state index in [4.69, 9.17) is 9.47 Å². The van der Waals surface area contributed by atoms with Crippen molar-refractivity contribution in [2.75, 3.05) is 6.61 Å². The Balaban J connectivity index is 1.59. The number of ether oxygens (including phenoxy) is 2. The van der Waals surface area contributed by atoms with Crippen LogP contribution in [0.1, 0.15) is 132 Å². The van der Waals surface area contributed by atoms with Gasteiger partial charge in [0.15, 0.2) is 0 Å². The SMILES string of the molecule is CCCCCCCCCCCCCCOC(C)c1ccc(C(=O)Oc2ccccc2CCC)cc1. The second-order valence-electron chi connectivity index (χ2n) is 9.77. The van der Waals surface area contributed by atoms with Gasteiger partial charge in [0.2, 0.25) is 0 Å². The first-order valence-corrected chi connectivity index (χ1v) is 14.2. The van der Waals surface area contributed by atoms with Gasteiger partial charge in [-0.25, -0.2) is 4.79 Å². The Morgan fingerprint density at radius 2 is 1.29 bits per heavy atom. The number of para-hydroxylation sites is 1. The number of carbonyl (C=O) groups excluding carboxylic acids is 1. The quantitative estimate of drug-likeness (QED) is 0.114. The summed E-state index contributed by atoms with van der Waals surface area (Å²) in [6, 6.07) is 15.4. The molecule has 0 aliphatic heterocycles. The highest BCUT2D eigenvalue weighted by Gasteiger charge is 2.13. The number of rotatable bonds is 19. The number of esters is 1. The van der Waals surface area contributed by atoms with E-state index in [1.54, 1.807) is 0 Å². The molecule has 0 heterocycles. The van der Waals surface area contributed by atoms with Gasteiger partial charge in [0.05, 0.1) is 11.7 Å². The molecule has 0 aliphatic rings. The molecule has 3 nitrogen and oxygen atoms in total. The summed E-state index contributed by atoms with van der Waals surface area (Å²) in [5.41, 5.74) is 2.72. The zero-order valence-corrected chi connectivity index (χ0v) is 22.5. The van der Waals surface area contributed by atoms with E-state index in [0.717, 1.165) is 37.0 Å². The lowest BCUT2D eigenvalue weighted by atomic mass is 10.1. The fraction of sp³-hybridized carbons (Fsp3) is 0.594. The van der Waals surface area contributed by atoms with Gasteiger partial charge in [0.25, 0.3) is 0 Å². The number of hydrogen-bond acceptors (Lipinski definition) is 3. The van der Waals surface area contributed by atoms with Crippen LogP contribution in [-0.4, -0.2) is 12.6 Å². The highest BCUT2D eigenvalue weighted by atomic mass is 16.5. The van der Waals surface area contributed by atoms with E-state index < -0.39 is 0 Å². The molecule has 0 spiro atoms. The summed E-state index contributed by atoms with van der Waals surface area (Å²) in [5, 5.41) is 0. The zero-order valence-electron chi connectivity index (χ0n) is 22.5. The number of hydrogen-bond donors (Lipinski definition) is 0. The van der Waals surface area contributed by atoms with Crippen LogP contribution in [0.3, 0.4) is 0 Å². The molecule has 1 atom stereocenters. The van der Waals surface area contributed by atoms with Crippen molar-refractivity contribution >= 4 is 5.97 Å². The van der Waals surface area contributed by atoms with Crippen LogP contribution in [0.15, 0.2) is 48.5 Å². The number of unbranched alkanes of at least 4 members (excludes halogenated alkanes) is 11. The van der Waals surface area contributed by atoms with Gasteiger partial charge in [-0.1, -0.05) is 121 Å². The highest BCUT2D eigenvalue weighted by Crippen LogP contribution is 2.22. The number of aryl methyl sites for hydroxylation is 1. The summed E-state index contributed by atoms with van der Waals surface area (Å²) in [6.07, 6.45) is 18.1. The predicted molar refractivity (Wildman–Crippen MR) is 147 cm³/mol. The van der Waals surface area contributed by atoms with Crippen molar-refractivity contribution in [3.63, 3.8) is 0 Å². The average molecular weight is 481 g/mol. The van der Waals surface area contributed by atoms with Crippen molar-refractivity contribution < 1.29 is 14.3 Å². The molecular weight excluding hydrogens is 432 g/mol. The Morgan fingerprint density at radius 3 is 1.89 bits per heavy atom. The van der Waals surface area contributed by atoms with Crippen LogP contribution in [0.4, 0.5) is 0 Å². The van der Waals surface area contributed by atoms with Crippen LogP contribution >= 0.6 is 0 Å². The van der Waals surface area contributed by atoms with Crippen LogP contribution < -0.4 is 4.74 Å². The normalized spacial score (nSPS) is 12.0. The van der Waals surface area contributed by atoms with E-state index >= 15 is 0 Å². The topological polar surface area (TPSA) is 35.5 Å². The lowest BCUT2D eigenvalue weighted by Gasteiger charge is -2.14. The third kappa shape index (κ3) is 11.9. The van der Waals surface area contributed by atoms with Gasteiger partial charge in [-0.2, -0.15) is 0 Å². The van der Waals surface area contributed by atoms with Gasteiger partial charge in [-0.05, 0) is 49.1 Å². The summed E-state index contributed by atoms with van der Waals surface area (Å²) in [6.45, 7) is 7.27. The lowest BCUT2D eigenvalue weighted by molar-refractivity contribution is 0.0626. The van der Waals surface area contributed by atoms with Gasteiger partial charge in [0.1, 0.15) is 5.75 Å². The molecule has 0 fully saturated rings. The van der Waals surface area contributed by atoms with Crippen LogP contribution in [0.5, 0.6) is 5.75 Å². The Labute approximate surface area is 214 Å². The summed E-state index contributed by atoms with van der Waals surface area (Å²) in [7, 11) is 0. The van der Waals surface area contributed by atoms with E-state index in [-0.39, 0.29) is 12.1 Å². The molecule has 0 aliphatic carbocycles. The fourth-order valence-corrected chi connectivity index (χ4v) is 4.43. The Morgan fingerprint density at radius 1 is 0.714 bits per heavy atom. The average Bonchev–Trinajstić information content (AvgIpc) is 2.88. The summed E-state index contributed by atoms with van der Waals surface area (Å²) >= 11 is 0. The minimum Gasteiger partial charge on any atom is -0.423 e. The molecule has 0 radical (unpaired) electrons. The van der Waals surface area contributed by atoms with Gasteiger partial charge in [-0.3, -0.25) is 0 Å². The molecule has 0 N–H and O–H groups in total. The molecule has 0 saturated heterocycles. The monoisotopic (exact) mass is 480 g/mol. The molecular formula is C32H48O3. The van der Waals surface area contributed by atoms with E-state index in [2.05, 4.69) is 20.8 Å². The standard InChI is InChI=1S/C32H48O3/c1-4-6-7-8-9-10-11-12-13-14-15-18-26-34-27(3)28-22-24-30(25-23-28)32(33)35-31-21-17-16-20-29(31)19-5-2/h16-17,20-25,27H,4-15,18-19,26H2,1-3H3. The number of carbonyl (C=O) groups is 1. The Bertz CT molecular complexity index is 812. The van der Waals surface area contributed by atoms with Crippen molar-refractivity contribution in [2.24, 2.45) is 0 Å². The molecule has 0 bridgehead atoms. The molecule has 194 valence electrons. The summed E-state index contributed by atoms with van der Waals surface area (Å²) in [4.78, 5) is 12.6. The van der Waals surface area contributed by atoms with E-state index in [1.807, 2.05) is 48.5 Å². The molecule has 2 aromatic rings. The van der Waals surface area contributed by atoms with Crippen LogP contribution in [0.2, 0.25) is 0 Å². The first-order valence-electron chi connectivity index (χ1n) is 14.2. The molecule has 0 saturated carbocycles. The van der Waals surface area contributed by atoms with Crippen molar-refractivity contribution in [1.29, 1.82) is 0 Å². The molecule has 35 heavy (non-hydrogen) atoms. The molecule has 2 aromatic carbocycles. The largest absolute Gasteiger partial charge is 0.423 e. The van der Waals surface area contributed by atoms with Crippen molar-refractivity contribution in [3.8, 4) is 5.75 Å². The first kappa shape index (κ1) is 29.1. The Hall–Kier alpha value is -2.13. The van der Waals surface area contributed by atoms with Crippen LogP contribution in [0.25, 0.3) is 0 Å². The van der Waals surface area contributed by atoms with Crippen molar-refractivity contribution in [1.82, 2.24) is 0 Å². The van der Waals surface area contributed by atoms with Crippen LogP contribution in [0, 0.1) is 0 Å². The highest BCUT2D eigenvalue weighted by molar-refractivity contribution is 5.91. The molecule has 3 heteroatoms.